The van der Waals surface area contributed by atoms with Crippen LogP contribution in [0.4, 0.5) is 13.2 Å². The first-order chi connectivity index (χ1) is 5.88. The Morgan fingerprint density at radius 3 is 2.46 bits per heavy atom. The molecule has 0 aliphatic heterocycles. The van der Waals surface area contributed by atoms with E-state index in [2.05, 4.69) is 4.98 Å². The van der Waals surface area contributed by atoms with E-state index in [1.807, 2.05) is 13.8 Å². The molecule has 0 unspecified atom stereocenters. The van der Waals surface area contributed by atoms with Crippen LogP contribution < -0.4 is 0 Å². The second-order valence-electron chi connectivity index (χ2n) is 3.24. The third-order valence-corrected chi connectivity index (χ3v) is 1.61. The van der Waals surface area contributed by atoms with Crippen LogP contribution in [0.25, 0.3) is 0 Å². The van der Waals surface area contributed by atoms with E-state index in [1.165, 1.54) is 12.5 Å². The van der Waals surface area contributed by atoms with Crippen LogP contribution in [-0.2, 0) is 6.54 Å². The van der Waals surface area contributed by atoms with Gasteiger partial charge in [-0.2, -0.15) is 13.2 Å². The summed E-state index contributed by atoms with van der Waals surface area (Å²) in [5.74, 6) is 0.162. The minimum atomic E-state index is -4.17. The van der Waals surface area contributed by atoms with Crippen LogP contribution in [0.1, 0.15) is 25.5 Å². The molecular formula is C8H11F3N2. The smallest absolute Gasteiger partial charge is 0.328 e. The maximum Gasteiger partial charge on any atom is 0.406 e. The molecule has 0 saturated heterocycles. The molecule has 1 aromatic heterocycles. The normalized spacial score (nSPS) is 12.5. The summed E-state index contributed by atoms with van der Waals surface area (Å²) in [6.45, 7) is 2.81. The highest BCUT2D eigenvalue weighted by Crippen LogP contribution is 2.18. The highest BCUT2D eigenvalue weighted by molar-refractivity contribution is 5.01. The standard InChI is InChI=1S/C8H11F3N2/c1-6(2)7-3-13(5-12-7)4-8(9,10)11/h3,5-6H,4H2,1-2H3. The van der Waals surface area contributed by atoms with Crippen molar-refractivity contribution in [2.75, 3.05) is 0 Å². The van der Waals surface area contributed by atoms with Crippen molar-refractivity contribution in [3.05, 3.63) is 18.2 Å². The van der Waals surface area contributed by atoms with Crippen LogP contribution in [0.3, 0.4) is 0 Å². The molecule has 0 amide bonds. The molecule has 0 radical (unpaired) electrons. The van der Waals surface area contributed by atoms with E-state index < -0.39 is 12.7 Å². The lowest BCUT2D eigenvalue weighted by Crippen LogP contribution is -2.16. The van der Waals surface area contributed by atoms with Gasteiger partial charge in [-0.3, -0.25) is 0 Å². The number of aromatic nitrogens is 2. The van der Waals surface area contributed by atoms with Crippen LogP contribution in [-0.4, -0.2) is 15.7 Å². The van der Waals surface area contributed by atoms with Crippen molar-refractivity contribution in [3.63, 3.8) is 0 Å². The van der Waals surface area contributed by atoms with Crippen molar-refractivity contribution >= 4 is 0 Å². The zero-order valence-corrected chi connectivity index (χ0v) is 7.47. The number of rotatable bonds is 2. The van der Waals surface area contributed by atoms with E-state index in [4.69, 9.17) is 0 Å². The SMILES string of the molecule is CC(C)c1cn(CC(F)(F)F)cn1. The van der Waals surface area contributed by atoms with Gasteiger partial charge in [-0.25, -0.2) is 4.98 Å². The maximum absolute atomic E-state index is 11.9. The van der Waals surface area contributed by atoms with Gasteiger partial charge in [0.15, 0.2) is 0 Å². The summed E-state index contributed by atoms with van der Waals surface area (Å²) in [6, 6.07) is 0. The van der Waals surface area contributed by atoms with Crippen LogP contribution in [0.15, 0.2) is 12.5 Å². The fraction of sp³-hybridized carbons (Fsp3) is 0.625. The Labute approximate surface area is 74.4 Å². The minimum Gasteiger partial charge on any atom is -0.328 e. The van der Waals surface area contributed by atoms with Gasteiger partial charge in [0.05, 0.1) is 12.0 Å². The highest BCUT2D eigenvalue weighted by Gasteiger charge is 2.27. The van der Waals surface area contributed by atoms with Crippen molar-refractivity contribution in [3.8, 4) is 0 Å². The van der Waals surface area contributed by atoms with Gasteiger partial charge in [-0.15, -0.1) is 0 Å². The molecule has 0 bridgehead atoms. The molecule has 0 aromatic carbocycles. The van der Waals surface area contributed by atoms with Gasteiger partial charge in [-0.1, -0.05) is 13.8 Å². The Hall–Kier alpha value is -1.00. The number of nitrogens with zero attached hydrogens (tertiary/aromatic N) is 2. The molecule has 1 aromatic rings. The summed E-state index contributed by atoms with van der Waals surface area (Å²) in [6.07, 6.45) is -1.53. The number of hydrogen-bond donors (Lipinski definition) is 0. The first-order valence-electron chi connectivity index (χ1n) is 3.97. The largest absolute Gasteiger partial charge is 0.406 e. The summed E-state index contributed by atoms with van der Waals surface area (Å²) in [5.41, 5.74) is 0.684. The molecule has 1 heterocycles. The van der Waals surface area contributed by atoms with Crippen molar-refractivity contribution in [2.24, 2.45) is 0 Å². The zero-order chi connectivity index (χ0) is 10.1. The first kappa shape index (κ1) is 10.1. The second-order valence-corrected chi connectivity index (χ2v) is 3.24. The summed E-state index contributed by atoms with van der Waals surface area (Å²) in [7, 11) is 0. The molecule has 1 rings (SSSR count). The molecule has 0 atom stereocenters. The lowest BCUT2D eigenvalue weighted by Gasteiger charge is -2.05. The monoisotopic (exact) mass is 192 g/mol. The number of alkyl halides is 3. The lowest BCUT2D eigenvalue weighted by molar-refractivity contribution is -0.140. The zero-order valence-electron chi connectivity index (χ0n) is 7.47. The summed E-state index contributed by atoms with van der Waals surface area (Å²) in [5, 5.41) is 0. The Bertz CT molecular complexity index is 275. The highest BCUT2D eigenvalue weighted by atomic mass is 19.4. The van der Waals surface area contributed by atoms with Crippen molar-refractivity contribution < 1.29 is 13.2 Å². The van der Waals surface area contributed by atoms with Gasteiger partial charge >= 0.3 is 6.18 Å². The van der Waals surface area contributed by atoms with E-state index >= 15 is 0 Å². The molecule has 0 aliphatic carbocycles. The van der Waals surface area contributed by atoms with Crippen molar-refractivity contribution in [1.29, 1.82) is 0 Å². The van der Waals surface area contributed by atoms with Crippen LogP contribution in [0.2, 0.25) is 0 Å². The molecule has 5 heteroatoms. The number of hydrogen-bond acceptors (Lipinski definition) is 1. The molecule has 74 valence electrons. The molecule has 0 spiro atoms. The quantitative estimate of drug-likeness (QED) is 0.704. The minimum absolute atomic E-state index is 0.162. The van der Waals surface area contributed by atoms with Crippen molar-refractivity contribution in [2.45, 2.75) is 32.5 Å². The van der Waals surface area contributed by atoms with Crippen LogP contribution in [0.5, 0.6) is 0 Å². The summed E-state index contributed by atoms with van der Waals surface area (Å²) >= 11 is 0. The topological polar surface area (TPSA) is 17.8 Å². The molecule has 13 heavy (non-hydrogen) atoms. The number of imidazole rings is 1. The van der Waals surface area contributed by atoms with Gasteiger partial charge in [0, 0.05) is 6.20 Å². The van der Waals surface area contributed by atoms with E-state index in [1.54, 1.807) is 0 Å². The number of halogens is 3. The summed E-state index contributed by atoms with van der Waals surface area (Å²) in [4.78, 5) is 3.86. The van der Waals surface area contributed by atoms with Gasteiger partial charge in [0.2, 0.25) is 0 Å². The Morgan fingerprint density at radius 2 is 2.08 bits per heavy atom. The van der Waals surface area contributed by atoms with E-state index in [9.17, 15) is 13.2 Å². The van der Waals surface area contributed by atoms with Crippen LogP contribution in [0, 0.1) is 0 Å². The van der Waals surface area contributed by atoms with Crippen molar-refractivity contribution in [1.82, 2.24) is 9.55 Å². The van der Waals surface area contributed by atoms with E-state index in [0.717, 1.165) is 4.57 Å². The molecule has 2 nitrogen and oxygen atoms in total. The Balaban J connectivity index is 2.70. The van der Waals surface area contributed by atoms with Gasteiger partial charge in [0.1, 0.15) is 6.54 Å². The summed E-state index contributed by atoms with van der Waals surface area (Å²) < 4.78 is 36.8. The fourth-order valence-corrected chi connectivity index (χ4v) is 0.969. The van der Waals surface area contributed by atoms with Gasteiger partial charge in [-0.05, 0) is 5.92 Å². The fourth-order valence-electron chi connectivity index (χ4n) is 0.969. The average Bonchev–Trinajstić information content (AvgIpc) is 2.31. The predicted octanol–water partition coefficient (Wildman–Crippen LogP) is 2.57. The van der Waals surface area contributed by atoms with E-state index in [0.29, 0.717) is 5.69 Å². The van der Waals surface area contributed by atoms with E-state index in [-0.39, 0.29) is 5.92 Å². The third-order valence-electron chi connectivity index (χ3n) is 1.61. The first-order valence-corrected chi connectivity index (χ1v) is 3.97. The Morgan fingerprint density at radius 1 is 1.46 bits per heavy atom. The molecule has 0 fully saturated rings. The molecular weight excluding hydrogens is 181 g/mol. The third kappa shape index (κ3) is 3.08. The molecule has 0 aliphatic rings. The van der Waals surface area contributed by atoms with Gasteiger partial charge < -0.3 is 4.57 Å². The molecule has 0 saturated carbocycles. The molecule has 0 N–H and O–H groups in total. The Kier molecular flexibility index (Phi) is 2.63. The maximum atomic E-state index is 11.9. The second kappa shape index (κ2) is 3.40. The lowest BCUT2D eigenvalue weighted by atomic mass is 10.2. The predicted molar refractivity (Wildman–Crippen MR) is 42.4 cm³/mol. The van der Waals surface area contributed by atoms with Crippen LogP contribution >= 0.6 is 0 Å². The average molecular weight is 192 g/mol. The van der Waals surface area contributed by atoms with Gasteiger partial charge in [0.25, 0.3) is 0 Å².